The van der Waals surface area contributed by atoms with E-state index in [2.05, 4.69) is 56.5 Å². The van der Waals surface area contributed by atoms with Gasteiger partial charge in [-0.1, -0.05) is 56.3 Å². The normalized spacial score (nSPS) is 29.2. The maximum atomic E-state index is 13.5. The van der Waals surface area contributed by atoms with Crippen LogP contribution in [-0.2, 0) is 10.2 Å². The van der Waals surface area contributed by atoms with Crippen molar-refractivity contribution in [3.05, 3.63) is 77.9 Å². The molecule has 1 unspecified atom stereocenters. The van der Waals surface area contributed by atoms with Crippen LogP contribution in [0.15, 0.2) is 66.7 Å². The summed E-state index contributed by atoms with van der Waals surface area (Å²) in [7, 11) is 6.02. The Bertz CT molecular complexity index is 1310. The van der Waals surface area contributed by atoms with Gasteiger partial charge in [0.2, 0.25) is 0 Å². The second-order valence-corrected chi connectivity index (χ2v) is 12.3. The molecule has 3 aromatic rings. The Morgan fingerprint density at radius 1 is 1.03 bits per heavy atom. The van der Waals surface area contributed by atoms with Gasteiger partial charge in [-0.2, -0.15) is 0 Å². The fourth-order valence-electron chi connectivity index (χ4n) is 7.64. The van der Waals surface area contributed by atoms with Gasteiger partial charge in [-0.05, 0) is 59.9 Å². The lowest BCUT2D eigenvalue weighted by molar-refractivity contribution is -0.926. The first-order valence-corrected chi connectivity index (χ1v) is 14.0. The SMILES string of the molecule is COc1cccc([C@]23CC[N@@+](C)(CC(C)C)CC2(OC)CC[C@H](NC(=O)c2ccc4ccccc4c2)C3)c1. The number of carbonyl (C=O) groups excluding carboxylic acids is 1. The number of nitrogens with zero attached hydrogens (tertiary/aromatic N) is 1. The minimum absolute atomic E-state index is 0.00250. The molecular weight excluding hydrogens is 472 g/mol. The number of ether oxygens (including phenoxy) is 2. The van der Waals surface area contributed by atoms with Gasteiger partial charge in [-0.3, -0.25) is 4.79 Å². The quantitative estimate of drug-likeness (QED) is 0.395. The number of amides is 1. The lowest BCUT2D eigenvalue weighted by Gasteiger charge is -2.61. The van der Waals surface area contributed by atoms with Gasteiger partial charge in [0.25, 0.3) is 5.91 Å². The minimum atomic E-state index is -0.300. The van der Waals surface area contributed by atoms with Crippen LogP contribution in [0.2, 0.25) is 0 Å². The average molecular weight is 516 g/mol. The standard InChI is InChI=1S/C33H42N2O3/c1-24(2)22-35(3)18-17-32(28-11-8-12-30(20-28)37-4)21-29(15-16-33(32,23-35)38-5)34-31(36)27-14-13-25-9-6-7-10-26(25)19-27/h6-14,19-20,24,29H,15-18,21-23H2,1-5H3/p+1/t29-,32+,33?,35-/m0/s1. The molecule has 202 valence electrons. The van der Waals surface area contributed by atoms with Gasteiger partial charge in [0.1, 0.15) is 17.9 Å². The van der Waals surface area contributed by atoms with Crippen LogP contribution in [0.25, 0.3) is 10.8 Å². The molecule has 0 bridgehead atoms. The van der Waals surface area contributed by atoms with Crippen LogP contribution >= 0.6 is 0 Å². The molecule has 0 spiro atoms. The van der Waals surface area contributed by atoms with Crippen molar-refractivity contribution in [1.29, 1.82) is 0 Å². The fourth-order valence-corrected chi connectivity index (χ4v) is 7.64. The van der Waals surface area contributed by atoms with E-state index in [4.69, 9.17) is 9.47 Å². The van der Waals surface area contributed by atoms with Gasteiger partial charge in [-0.15, -0.1) is 0 Å². The third-order valence-electron chi connectivity index (χ3n) is 9.25. The number of carbonyl (C=O) groups is 1. The largest absolute Gasteiger partial charge is 0.497 e. The molecule has 2 aliphatic rings. The van der Waals surface area contributed by atoms with E-state index in [0.29, 0.717) is 11.5 Å². The van der Waals surface area contributed by atoms with E-state index >= 15 is 0 Å². The number of hydrogen-bond acceptors (Lipinski definition) is 3. The Balaban J connectivity index is 1.47. The third-order valence-corrected chi connectivity index (χ3v) is 9.25. The second-order valence-electron chi connectivity index (χ2n) is 12.3. The number of methoxy groups -OCH3 is 2. The molecule has 2 fully saturated rings. The number of likely N-dealkylation sites (tertiary alicyclic amines) is 1. The molecule has 3 aromatic carbocycles. The molecule has 5 rings (SSSR count). The third kappa shape index (κ3) is 4.83. The summed E-state index contributed by atoms with van der Waals surface area (Å²) in [5.41, 5.74) is 1.47. The summed E-state index contributed by atoms with van der Waals surface area (Å²) in [4.78, 5) is 13.5. The highest BCUT2D eigenvalue weighted by atomic mass is 16.5. The van der Waals surface area contributed by atoms with E-state index in [1.54, 1.807) is 7.11 Å². The summed E-state index contributed by atoms with van der Waals surface area (Å²) in [6.07, 6.45) is 3.68. The van der Waals surface area contributed by atoms with E-state index in [9.17, 15) is 4.79 Å². The first-order valence-electron chi connectivity index (χ1n) is 14.0. The van der Waals surface area contributed by atoms with E-state index in [1.807, 2.05) is 43.5 Å². The summed E-state index contributed by atoms with van der Waals surface area (Å²) >= 11 is 0. The van der Waals surface area contributed by atoms with Crippen molar-refractivity contribution in [2.45, 2.75) is 56.6 Å². The van der Waals surface area contributed by atoms with Gasteiger partial charge in [-0.25, -0.2) is 0 Å². The van der Waals surface area contributed by atoms with Crippen LogP contribution in [0.1, 0.15) is 55.5 Å². The maximum Gasteiger partial charge on any atom is 0.251 e. The monoisotopic (exact) mass is 515 g/mol. The van der Waals surface area contributed by atoms with E-state index in [-0.39, 0.29) is 23.0 Å². The summed E-state index contributed by atoms with van der Waals surface area (Å²) in [5, 5.41) is 5.65. The van der Waals surface area contributed by atoms with Gasteiger partial charge in [0.15, 0.2) is 0 Å². The number of rotatable bonds is 7. The van der Waals surface area contributed by atoms with Crippen LogP contribution < -0.4 is 10.1 Å². The van der Waals surface area contributed by atoms with Crippen molar-refractivity contribution in [2.75, 3.05) is 40.9 Å². The van der Waals surface area contributed by atoms with Crippen LogP contribution in [0.3, 0.4) is 0 Å². The smallest absolute Gasteiger partial charge is 0.251 e. The predicted molar refractivity (Wildman–Crippen MR) is 154 cm³/mol. The van der Waals surface area contributed by atoms with E-state index in [0.717, 1.165) is 66.3 Å². The van der Waals surface area contributed by atoms with Gasteiger partial charge in [0, 0.05) is 36.5 Å². The van der Waals surface area contributed by atoms with Crippen molar-refractivity contribution in [1.82, 2.24) is 5.32 Å². The highest BCUT2D eigenvalue weighted by Crippen LogP contribution is 2.55. The molecule has 1 saturated carbocycles. The zero-order valence-electron chi connectivity index (χ0n) is 23.6. The van der Waals surface area contributed by atoms with Crippen LogP contribution in [0, 0.1) is 5.92 Å². The Hall–Kier alpha value is -2.89. The molecule has 5 heteroatoms. The van der Waals surface area contributed by atoms with E-state index < -0.39 is 0 Å². The number of hydrogen-bond donors (Lipinski definition) is 1. The fraction of sp³-hybridized carbons (Fsp3) is 0.485. The highest BCUT2D eigenvalue weighted by Gasteiger charge is 2.62. The summed E-state index contributed by atoms with van der Waals surface area (Å²) < 4.78 is 13.3. The first kappa shape index (κ1) is 26.7. The van der Waals surface area contributed by atoms with Crippen molar-refractivity contribution < 1.29 is 18.8 Å². The Morgan fingerprint density at radius 3 is 2.55 bits per heavy atom. The number of piperidine rings is 1. The van der Waals surface area contributed by atoms with Gasteiger partial charge in [0.05, 0.1) is 27.2 Å². The van der Waals surface area contributed by atoms with Crippen molar-refractivity contribution >= 4 is 16.7 Å². The summed E-state index contributed by atoms with van der Waals surface area (Å²) in [6.45, 7) is 7.83. The highest BCUT2D eigenvalue weighted by molar-refractivity contribution is 5.98. The number of quaternary nitrogens is 1. The first-order chi connectivity index (χ1) is 18.2. The molecule has 38 heavy (non-hydrogen) atoms. The molecule has 1 amide bonds. The molecule has 5 nitrogen and oxygen atoms in total. The molecule has 1 heterocycles. The predicted octanol–water partition coefficient (Wildman–Crippen LogP) is 5.96. The van der Waals surface area contributed by atoms with E-state index in [1.165, 1.54) is 5.56 Å². The summed E-state index contributed by atoms with van der Waals surface area (Å²) in [6, 6.07) is 22.8. The van der Waals surface area contributed by atoms with Crippen molar-refractivity contribution in [3.8, 4) is 5.75 Å². The van der Waals surface area contributed by atoms with Gasteiger partial charge < -0.3 is 19.3 Å². The molecule has 1 N–H and O–H groups in total. The zero-order chi connectivity index (χ0) is 27.0. The van der Waals surface area contributed by atoms with Crippen molar-refractivity contribution in [3.63, 3.8) is 0 Å². The molecular formula is C33H43N2O3+. The zero-order valence-corrected chi connectivity index (χ0v) is 23.6. The number of nitrogens with one attached hydrogen (secondary N) is 1. The number of likely N-dealkylation sites (N-methyl/N-ethyl adjacent to an activating group) is 1. The van der Waals surface area contributed by atoms with Crippen LogP contribution in [-0.4, -0.2) is 62.9 Å². The minimum Gasteiger partial charge on any atom is -0.497 e. The molecule has 1 aliphatic carbocycles. The topological polar surface area (TPSA) is 47.6 Å². The molecule has 4 atom stereocenters. The van der Waals surface area contributed by atoms with Gasteiger partial charge >= 0.3 is 0 Å². The number of benzene rings is 3. The lowest BCUT2D eigenvalue weighted by Crippen LogP contribution is -2.72. The second kappa shape index (κ2) is 10.3. The molecule has 1 aliphatic heterocycles. The Kier molecular flexibility index (Phi) is 7.27. The molecule has 0 radical (unpaired) electrons. The summed E-state index contributed by atoms with van der Waals surface area (Å²) in [5.74, 6) is 1.49. The van der Waals surface area contributed by atoms with Crippen molar-refractivity contribution in [2.24, 2.45) is 5.92 Å². The molecule has 1 saturated heterocycles. The maximum absolute atomic E-state index is 13.5. The van der Waals surface area contributed by atoms with Crippen LogP contribution in [0.5, 0.6) is 5.75 Å². The Morgan fingerprint density at radius 2 is 1.82 bits per heavy atom. The van der Waals surface area contributed by atoms with Crippen LogP contribution in [0.4, 0.5) is 0 Å². The number of fused-ring (bicyclic) bond motifs is 2. The Labute approximate surface area is 227 Å². The molecule has 0 aromatic heterocycles. The average Bonchev–Trinajstić information content (AvgIpc) is 2.92. The lowest BCUT2D eigenvalue weighted by atomic mass is 9.54.